The van der Waals surface area contributed by atoms with Crippen LogP contribution in [0.3, 0.4) is 0 Å². The summed E-state index contributed by atoms with van der Waals surface area (Å²) in [5.74, 6) is -0.312. The Kier molecular flexibility index (Phi) is 3.88. The summed E-state index contributed by atoms with van der Waals surface area (Å²) >= 11 is 8.15. The van der Waals surface area contributed by atoms with E-state index in [4.69, 9.17) is 18.0 Å². The highest BCUT2D eigenvalue weighted by Crippen LogP contribution is 2.26. The Morgan fingerprint density at radius 2 is 2.11 bits per heavy atom. The second kappa shape index (κ2) is 5.41. The first-order valence-corrected chi connectivity index (χ1v) is 6.24. The molecule has 0 aliphatic carbocycles. The van der Waals surface area contributed by atoms with Gasteiger partial charge in [0.25, 0.3) is 0 Å². The molecule has 0 bridgehead atoms. The Labute approximate surface area is 117 Å². The molecule has 0 unspecified atom stereocenters. The Bertz CT molecular complexity index is 586. The minimum atomic E-state index is -0.312. The molecule has 1 aromatic carbocycles. The molecule has 92 valence electrons. The van der Waals surface area contributed by atoms with Crippen molar-refractivity contribution in [2.75, 3.05) is 5.32 Å². The van der Waals surface area contributed by atoms with Crippen molar-refractivity contribution in [2.45, 2.75) is 0 Å². The van der Waals surface area contributed by atoms with Crippen molar-refractivity contribution in [3.05, 3.63) is 52.5 Å². The number of rotatable bonds is 3. The van der Waals surface area contributed by atoms with Crippen LogP contribution in [-0.4, -0.2) is 9.97 Å². The number of anilines is 2. The van der Waals surface area contributed by atoms with Crippen LogP contribution in [0.15, 0.2) is 41.0 Å². The number of nitrogens with zero attached hydrogens (tertiary/aromatic N) is 1. The quantitative estimate of drug-likeness (QED) is 0.849. The molecule has 0 saturated carbocycles. The smallest absolute Gasteiger partial charge is 0.125 e. The lowest BCUT2D eigenvalue weighted by molar-refractivity contribution is 0.628. The predicted octanol–water partition coefficient (Wildman–Crippen LogP) is 3.36. The number of hydrogen-bond acceptors (Lipinski definition) is 3. The molecule has 0 fully saturated rings. The van der Waals surface area contributed by atoms with Crippen molar-refractivity contribution < 1.29 is 4.39 Å². The molecule has 3 nitrogen and oxygen atoms in total. The van der Waals surface area contributed by atoms with Gasteiger partial charge in [0, 0.05) is 4.47 Å². The molecule has 0 amide bonds. The van der Waals surface area contributed by atoms with Crippen molar-refractivity contribution in [1.82, 2.24) is 4.98 Å². The van der Waals surface area contributed by atoms with Crippen molar-refractivity contribution in [3.8, 4) is 0 Å². The number of thiocarbonyl (C=S) groups is 1. The van der Waals surface area contributed by atoms with E-state index in [2.05, 4.69) is 26.2 Å². The van der Waals surface area contributed by atoms with Crippen LogP contribution in [0.5, 0.6) is 0 Å². The van der Waals surface area contributed by atoms with Gasteiger partial charge in [-0.1, -0.05) is 12.2 Å². The largest absolute Gasteiger partial charge is 0.388 e. The second-order valence-electron chi connectivity index (χ2n) is 3.55. The normalized spacial score (nSPS) is 10.1. The van der Waals surface area contributed by atoms with E-state index in [0.29, 0.717) is 11.4 Å². The maximum absolute atomic E-state index is 13.1. The highest BCUT2D eigenvalue weighted by atomic mass is 79.9. The van der Waals surface area contributed by atoms with Gasteiger partial charge in [0.05, 0.1) is 23.3 Å². The number of hydrogen-bond donors (Lipinski definition) is 2. The molecule has 0 atom stereocenters. The summed E-state index contributed by atoms with van der Waals surface area (Å²) in [6.07, 6.45) is 1.59. The summed E-state index contributed by atoms with van der Waals surface area (Å²) in [6.45, 7) is 0. The molecular formula is C12H9BrFN3S. The van der Waals surface area contributed by atoms with Crippen LogP contribution >= 0.6 is 28.1 Å². The van der Waals surface area contributed by atoms with Gasteiger partial charge in [-0.15, -0.1) is 0 Å². The minimum absolute atomic E-state index is 0.244. The van der Waals surface area contributed by atoms with Crippen LogP contribution in [0, 0.1) is 5.82 Å². The molecule has 0 spiro atoms. The lowest BCUT2D eigenvalue weighted by Crippen LogP contribution is -2.11. The zero-order chi connectivity index (χ0) is 13.1. The van der Waals surface area contributed by atoms with Crippen molar-refractivity contribution >= 4 is 44.5 Å². The molecule has 18 heavy (non-hydrogen) atoms. The van der Waals surface area contributed by atoms with E-state index in [0.717, 1.165) is 10.2 Å². The number of halogens is 2. The van der Waals surface area contributed by atoms with E-state index in [-0.39, 0.29) is 10.8 Å². The molecule has 6 heteroatoms. The summed E-state index contributed by atoms with van der Waals surface area (Å²) in [4.78, 5) is 4.33. The van der Waals surface area contributed by atoms with E-state index >= 15 is 0 Å². The lowest BCUT2D eigenvalue weighted by atomic mass is 10.3. The Morgan fingerprint density at radius 1 is 1.33 bits per heavy atom. The maximum atomic E-state index is 13.1. The fourth-order valence-electron chi connectivity index (χ4n) is 1.36. The highest BCUT2D eigenvalue weighted by Gasteiger charge is 2.03. The Hall–Kier alpha value is -1.53. The van der Waals surface area contributed by atoms with Gasteiger partial charge in [0.1, 0.15) is 10.8 Å². The third kappa shape index (κ3) is 3.02. The lowest BCUT2D eigenvalue weighted by Gasteiger charge is -2.08. The van der Waals surface area contributed by atoms with Crippen molar-refractivity contribution in [3.63, 3.8) is 0 Å². The zero-order valence-electron chi connectivity index (χ0n) is 9.15. The first kappa shape index (κ1) is 12.9. The van der Waals surface area contributed by atoms with Gasteiger partial charge in [-0.2, -0.15) is 0 Å². The molecule has 0 aliphatic rings. The number of nitrogens with two attached hydrogens (primary N) is 1. The average molecular weight is 326 g/mol. The zero-order valence-corrected chi connectivity index (χ0v) is 11.6. The molecule has 1 heterocycles. The van der Waals surface area contributed by atoms with Crippen molar-refractivity contribution in [1.29, 1.82) is 0 Å². The maximum Gasteiger partial charge on any atom is 0.125 e. The summed E-state index contributed by atoms with van der Waals surface area (Å²) in [5.41, 5.74) is 7.35. The first-order valence-electron chi connectivity index (χ1n) is 5.04. The van der Waals surface area contributed by atoms with Gasteiger partial charge in [0.15, 0.2) is 0 Å². The van der Waals surface area contributed by atoms with E-state index in [9.17, 15) is 4.39 Å². The number of aromatic nitrogens is 1. The molecule has 0 radical (unpaired) electrons. The summed E-state index contributed by atoms with van der Waals surface area (Å²) in [6, 6.07) is 7.89. The molecule has 3 N–H and O–H groups in total. The van der Waals surface area contributed by atoms with Gasteiger partial charge in [-0.3, -0.25) is 4.98 Å². The summed E-state index contributed by atoms with van der Waals surface area (Å²) in [5, 5.41) is 3.05. The minimum Gasteiger partial charge on any atom is -0.388 e. The SMILES string of the molecule is NC(=S)c1ccc(Nc2cc(F)ccc2Br)cn1. The van der Waals surface area contributed by atoms with E-state index < -0.39 is 0 Å². The monoisotopic (exact) mass is 325 g/mol. The second-order valence-corrected chi connectivity index (χ2v) is 4.84. The predicted molar refractivity (Wildman–Crippen MR) is 77.5 cm³/mol. The first-order chi connectivity index (χ1) is 8.56. The topological polar surface area (TPSA) is 50.9 Å². The van der Waals surface area contributed by atoms with Crippen LogP contribution in [0.4, 0.5) is 15.8 Å². The highest BCUT2D eigenvalue weighted by molar-refractivity contribution is 9.10. The van der Waals surface area contributed by atoms with Crippen molar-refractivity contribution in [2.24, 2.45) is 5.73 Å². The average Bonchev–Trinajstić information content (AvgIpc) is 2.34. The summed E-state index contributed by atoms with van der Waals surface area (Å²) < 4.78 is 13.9. The van der Waals surface area contributed by atoms with Gasteiger partial charge < -0.3 is 11.1 Å². The van der Waals surface area contributed by atoms with Gasteiger partial charge in [-0.25, -0.2) is 4.39 Å². The summed E-state index contributed by atoms with van der Waals surface area (Å²) in [7, 11) is 0. The standard InChI is InChI=1S/C12H9BrFN3S/c13-9-3-1-7(14)5-11(9)17-8-2-4-10(12(15)18)16-6-8/h1-6,17H,(H2,15,18). The van der Waals surface area contributed by atoms with Crippen LogP contribution in [0.25, 0.3) is 0 Å². The number of nitrogens with one attached hydrogen (secondary N) is 1. The van der Waals surface area contributed by atoms with Crippen LogP contribution in [-0.2, 0) is 0 Å². The van der Waals surface area contributed by atoms with Crippen LogP contribution in [0.1, 0.15) is 5.69 Å². The van der Waals surface area contributed by atoms with Crippen LogP contribution in [0.2, 0.25) is 0 Å². The molecule has 0 aliphatic heterocycles. The van der Waals surface area contributed by atoms with E-state index in [1.54, 1.807) is 24.4 Å². The fourth-order valence-corrected chi connectivity index (χ4v) is 1.83. The van der Waals surface area contributed by atoms with Crippen LogP contribution < -0.4 is 11.1 Å². The number of pyridine rings is 1. The van der Waals surface area contributed by atoms with Gasteiger partial charge >= 0.3 is 0 Å². The number of benzene rings is 1. The third-order valence-corrected chi connectivity index (χ3v) is 3.12. The van der Waals surface area contributed by atoms with Gasteiger partial charge in [0.2, 0.25) is 0 Å². The molecular weight excluding hydrogens is 317 g/mol. The molecule has 2 aromatic rings. The Balaban J connectivity index is 2.23. The Morgan fingerprint density at radius 3 is 2.72 bits per heavy atom. The van der Waals surface area contributed by atoms with Gasteiger partial charge in [-0.05, 0) is 46.3 Å². The fraction of sp³-hybridized carbons (Fsp3) is 0. The molecule has 0 saturated heterocycles. The van der Waals surface area contributed by atoms with E-state index in [1.807, 2.05) is 0 Å². The molecule has 1 aromatic heterocycles. The molecule has 2 rings (SSSR count). The third-order valence-electron chi connectivity index (χ3n) is 2.22. The van der Waals surface area contributed by atoms with E-state index in [1.165, 1.54) is 12.1 Å².